The summed E-state index contributed by atoms with van der Waals surface area (Å²) in [5.74, 6) is -1.15. The number of benzene rings is 1. The molecule has 106 valence electrons. The van der Waals surface area contributed by atoms with Gasteiger partial charge in [-0.25, -0.2) is 4.79 Å². The lowest BCUT2D eigenvalue weighted by atomic mass is 10.1. The Morgan fingerprint density at radius 2 is 2.10 bits per heavy atom. The average Bonchev–Trinajstić information content (AvgIpc) is 2.77. The Hall–Kier alpha value is -2.34. The highest BCUT2D eigenvalue weighted by molar-refractivity contribution is 6.03. The monoisotopic (exact) mass is 277 g/mol. The zero-order valence-electron chi connectivity index (χ0n) is 11.0. The van der Waals surface area contributed by atoms with E-state index in [4.69, 9.17) is 9.15 Å². The van der Waals surface area contributed by atoms with Gasteiger partial charge in [0.15, 0.2) is 0 Å². The first kappa shape index (κ1) is 14.1. The molecule has 2 N–H and O–H groups in total. The highest BCUT2D eigenvalue weighted by Gasteiger charge is 2.19. The Morgan fingerprint density at radius 3 is 2.80 bits per heavy atom. The Bertz CT molecular complexity index is 632. The van der Waals surface area contributed by atoms with E-state index in [1.807, 2.05) is 0 Å². The molecule has 0 unspecified atom stereocenters. The molecule has 0 saturated heterocycles. The number of carboxylic acid groups (broad SMARTS) is 1. The van der Waals surface area contributed by atoms with Crippen LogP contribution in [0.15, 0.2) is 28.7 Å². The van der Waals surface area contributed by atoms with Crippen LogP contribution >= 0.6 is 0 Å². The standard InChI is InChI=1S/C14H15NO5/c1-2-19-12(16)8-15-7-11-13(14(17)18)9-5-3-4-6-10(9)20-11/h3-6,15H,2,7-8H2,1H3,(H,17,18). The number of aromatic carboxylic acids is 1. The van der Waals surface area contributed by atoms with E-state index in [1.54, 1.807) is 31.2 Å². The van der Waals surface area contributed by atoms with Crippen LogP contribution in [0.3, 0.4) is 0 Å². The predicted molar refractivity (Wildman–Crippen MR) is 71.5 cm³/mol. The van der Waals surface area contributed by atoms with Gasteiger partial charge in [-0.15, -0.1) is 0 Å². The van der Waals surface area contributed by atoms with Gasteiger partial charge in [-0.3, -0.25) is 10.1 Å². The molecule has 0 aliphatic heterocycles. The zero-order valence-corrected chi connectivity index (χ0v) is 11.0. The molecular weight excluding hydrogens is 262 g/mol. The second-order valence-corrected chi connectivity index (χ2v) is 4.11. The number of hydrogen-bond acceptors (Lipinski definition) is 5. The van der Waals surface area contributed by atoms with Gasteiger partial charge in [0, 0.05) is 5.39 Å². The molecule has 0 fully saturated rings. The molecule has 0 atom stereocenters. The van der Waals surface area contributed by atoms with Crippen molar-refractivity contribution >= 4 is 22.9 Å². The maximum atomic E-state index is 11.3. The molecule has 0 saturated carbocycles. The third-order valence-corrected chi connectivity index (χ3v) is 2.74. The summed E-state index contributed by atoms with van der Waals surface area (Å²) in [6.07, 6.45) is 0. The fraction of sp³-hybridized carbons (Fsp3) is 0.286. The van der Waals surface area contributed by atoms with Crippen molar-refractivity contribution in [3.05, 3.63) is 35.6 Å². The molecule has 0 radical (unpaired) electrons. The van der Waals surface area contributed by atoms with Gasteiger partial charge in [-0.1, -0.05) is 18.2 Å². The SMILES string of the molecule is CCOC(=O)CNCc1oc2ccccc2c1C(=O)O. The van der Waals surface area contributed by atoms with E-state index in [2.05, 4.69) is 5.32 Å². The van der Waals surface area contributed by atoms with Gasteiger partial charge >= 0.3 is 11.9 Å². The minimum Gasteiger partial charge on any atom is -0.478 e. The van der Waals surface area contributed by atoms with E-state index >= 15 is 0 Å². The summed E-state index contributed by atoms with van der Waals surface area (Å²) in [6, 6.07) is 6.92. The summed E-state index contributed by atoms with van der Waals surface area (Å²) < 4.78 is 10.3. The third kappa shape index (κ3) is 2.97. The predicted octanol–water partition coefficient (Wildman–Crippen LogP) is 1.78. The average molecular weight is 277 g/mol. The molecule has 0 spiro atoms. The summed E-state index contributed by atoms with van der Waals surface area (Å²) in [4.78, 5) is 22.5. The second-order valence-electron chi connectivity index (χ2n) is 4.11. The molecule has 0 aliphatic rings. The number of ether oxygens (including phenoxy) is 1. The number of fused-ring (bicyclic) bond motifs is 1. The minimum absolute atomic E-state index is 0.00391. The molecule has 0 amide bonds. The summed E-state index contributed by atoms with van der Waals surface area (Å²) in [5, 5.41) is 12.6. The normalized spacial score (nSPS) is 10.7. The topological polar surface area (TPSA) is 88.8 Å². The van der Waals surface area contributed by atoms with E-state index in [0.29, 0.717) is 23.3 Å². The van der Waals surface area contributed by atoms with Gasteiger partial charge in [0.1, 0.15) is 16.9 Å². The molecule has 1 aromatic heterocycles. The molecule has 2 aromatic rings. The summed E-state index contributed by atoms with van der Waals surface area (Å²) in [6.45, 7) is 2.18. The maximum absolute atomic E-state index is 11.3. The first-order valence-corrected chi connectivity index (χ1v) is 6.23. The molecule has 2 rings (SSSR count). The van der Waals surface area contributed by atoms with Gasteiger partial charge in [0.25, 0.3) is 0 Å². The number of carbonyl (C=O) groups excluding carboxylic acids is 1. The van der Waals surface area contributed by atoms with Crippen molar-refractivity contribution in [2.45, 2.75) is 13.5 Å². The number of esters is 1. The van der Waals surface area contributed by atoms with Gasteiger partial charge in [-0.2, -0.15) is 0 Å². The highest BCUT2D eigenvalue weighted by Crippen LogP contribution is 2.25. The molecular formula is C14H15NO5. The Morgan fingerprint density at radius 1 is 1.35 bits per heavy atom. The van der Waals surface area contributed by atoms with Crippen molar-refractivity contribution in [3.8, 4) is 0 Å². The van der Waals surface area contributed by atoms with Gasteiger partial charge < -0.3 is 14.3 Å². The van der Waals surface area contributed by atoms with E-state index in [-0.39, 0.29) is 24.6 Å². The van der Waals surface area contributed by atoms with Gasteiger partial charge in [0.05, 0.1) is 19.7 Å². The third-order valence-electron chi connectivity index (χ3n) is 2.74. The Kier molecular flexibility index (Phi) is 4.37. The molecule has 1 aromatic carbocycles. The van der Waals surface area contributed by atoms with Crippen molar-refractivity contribution in [3.63, 3.8) is 0 Å². The van der Waals surface area contributed by atoms with Crippen molar-refractivity contribution in [2.24, 2.45) is 0 Å². The molecule has 6 nitrogen and oxygen atoms in total. The first-order chi connectivity index (χ1) is 9.63. The first-order valence-electron chi connectivity index (χ1n) is 6.23. The molecule has 1 heterocycles. The van der Waals surface area contributed by atoms with Crippen LogP contribution in [0, 0.1) is 0 Å². The number of nitrogens with one attached hydrogen (secondary N) is 1. The highest BCUT2D eigenvalue weighted by atomic mass is 16.5. The summed E-state index contributed by atoms with van der Waals surface area (Å²) in [7, 11) is 0. The van der Waals surface area contributed by atoms with Crippen LogP contribution in [0.25, 0.3) is 11.0 Å². The van der Waals surface area contributed by atoms with Crippen LogP contribution in [-0.4, -0.2) is 30.2 Å². The van der Waals surface area contributed by atoms with Crippen molar-refractivity contribution in [2.75, 3.05) is 13.2 Å². The van der Waals surface area contributed by atoms with Crippen LogP contribution < -0.4 is 5.32 Å². The van der Waals surface area contributed by atoms with Crippen molar-refractivity contribution < 1.29 is 23.8 Å². The van der Waals surface area contributed by atoms with Crippen molar-refractivity contribution in [1.82, 2.24) is 5.32 Å². The van der Waals surface area contributed by atoms with Crippen LogP contribution in [0.2, 0.25) is 0 Å². The molecule has 0 bridgehead atoms. The number of carboxylic acids is 1. The van der Waals surface area contributed by atoms with Crippen LogP contribution in [0.1, 0.15) is 23.0 Å². The summed E-state index contributed by atoms with van der Waals surface area (Å²) >= 11 is 0. The largest absolute Gasteiger partial charge is 0.478 e. The van der Waals surface area contributed by atoms with Crippen LogP contribution in [0.5, 0.6) is 0 Å². The number of rotatable bonds is 6. The van der Waals surface area contributed by atoms with E-state index in [1.165, 1.54) is 0 Å². The lowest BCUT2D eigenvalue weighted by molar-refractivity contribution is -0.142. The van der Waals surface area contributed by atoms with Gasteiger partial charge in [-0.05, 0) is 13.0 Å². The van der Waals surface area contributed by atoms with Gasteiger partial charge in [0.2, 0.25) is 0 Å². The molecule has 20 heavy (non-hydrogen) atoms. The lowest BCUT2D eigenvalue weighted by Crippen LogP contribution is -2.24. The fourth-order valence-corrected chi connectivity index (χ4v) is 1.95. The van der Waals surface area contributed by atoms with Crippen LogP contribution in [-0.2, 0) is 16.1 Å². The minimum atomic E-state index is -1.05. The van der Waals surface area contributed by atoms with Crippen molar-refractivity contribution in [1.29, 1.82) is 0 Å². The van der Waals surface area contributed by atoms with Crippen LogP contribution in [0.4, 0.5) is 0 Å². The smallest absolute Gasteiger partial charge is 0.339 e. The summed E-state index contributed by atoms with van der Waals surface area (Å²) in [5.41, 5.74) is 0.634. The number of hydrogen-bond donors (Lipinski definition) is 2. The molecule has 6 heteroatoms. The maximum Gasteiger partial charge on any atom is 0.339 e. The van der Waals surface area contributed by atoms with E-state index in [9.17, 15) is 14.7 Å². The lowest BCUT2D eigenvalue weighted by Gasteiger charge is -2.03. The number of furan rings is 1. The Balaban J connectivity index is 2.15. The Labute approximate surface area is 115 Å². The van der Waals surface area contributed by atoms with E-state index in [0.717, 1.165) is 0 Å². The second kappa shape index (κ2) is 6.21. The number of carbonyl (C=O) groups is 2. The number of para-hydroxylation sites is 1. The zero-order chi connectivity index (χ0) is 14.5. The fourth-order valence-electron chi connectivity index (χ4n) is 1.95. The molecule has 0 aliphatic carbocycles. The quantitative estimate of drug-likeness (QED) is 0.782. The van der Waals surface area contributed by atoms with E-state index < -0.39 is 5.97 Å².